The molecule has 1 aromatic heterocycles. The lowest BCUT2D eigenvalue weighted by Crippen LogP contribution is -2.48. The normalized spacial score (nSPS) is 26.3. The Morgan fingerprint density at radius 3 is 3.21 bits per heavy atom. The minimum absolute atomic E-state index is 0.0665. The van der Waals surface area contributed by atoms with Crippen molar-refractivity contribution < 1.29 is 9.90 Å². The number of carbonyl (C=O) groups is 1. The van der Waals surface area contributed by atoms with Crippen LogP contribution in [0.5, 0.6) is 0 Å². The molecular formula is C13H21N3O2S. The topological polar surface area (TPSA) is 74.2 Å². The first kappa shape index (κ1) is 14.3. The van der Waals surface area contributed by atoms with Crippen LogP contribution in [-0.2, 0) is 6.42 Å². The largest absolute Gasteiger partial charge is 0.396 e. The monoisotopic (exact) mass is 283 g/mol. The number of carbonyl (C=O) groups excluding carboxylic acids is 1. The number of amides is 2. The summed E-state index contributed by atoms with van der Waals surface area (Å²) >= 11 is 1.56. The molecular weight excluding hydrogens is 262 g/mol. The zero-order valence-electron chi connectivity index (χ0n) is 11.2. The molecule has 2 amide bonds. The van der Waals surface area contributed by atoms with Gasteiger partial charge in [0.15, 0.2) is 0 Å². The fourth-order valence-corrected chi connectivity index (χ4v) is 3.14. The van der Waals surface area contributed by atoms with Gasteiger partial charge < -0.3 is 15.7 Å². The molecule has 6 heteroatoms. The molecule has 1 aliphatic rings. The van der Waals surface area contributed by atoms with Gasteiger partial charge in [-0.1, -0.05) is 13.3 Å². The number of hydrogen-bond donors (Lipinski definition) is 3. The lowest BCUT2D eigenvalue weighted by molar-refractivity contribution is 0.121. The van der Waals surface area contributed by atoms with Crippen molar-refractivity contribution in [2.45, 2.75) is 38.6 Å². The van der Waals surface area contributed by atoms with E-state index in [9.17, 15) is 9.90 Å². The fourth-order valence-electron chi connectivity index (χ4n) is 2.54. The number of nitrogens with zero attached hydrogens (tertiary/aromatic N) is 1. The number of hydrogen-bond acceptors (Lipinski definition) is 4. The second-order valence-electron chi connectivity index (χ2n) is 5.39. The van der Waals surface area contributed by atoms with Crippen molar-refractivity contribution in [3.05, 3.63) is 16.6 Å². The molecule has 0 spiro atoms. The first-order valence-corrected chi connectivity index (χ1v) is 7.60. The van der Waals surface area contributed by atoms with Gasteiger partial charge in [-0.3, -0.25) is 0 Å². The van der Waals surface area contributed by atoms with E-state index in [1.54, 1.807) is 16.8 Å². The van der Waals surface area contributed by atoms with Crippen molar-refractivity contribution in [2.24, 2.45) is 5.41 Å². The van der Waals surface area contributed by atoms with Crippen LogP contribution in [0.25, 0.3) is 0 Å². The third kappa shape index (κ3) is 3.67. The van der Waals surface area contributed by atoms with Crippen LogP contribution < -0.4 is 10.6 Å². The molecule has 0 radical (unpaired) electrons. The predicted octanol–water partition coefficient (Wildman–Crippen LogP) is 1.54. The number of urea groups is 1. The predicted molar refractivity (Wildman–Crippen MR) is 75.2 cm³/mol. The lowest BCUT2D eigenvalue weighted by Gasteiger charge is -2.30. The first-order valence-electron chi connectivity index (χ1n) is 6.66. The Balaban J connectivity index is 1.72. The lowest BCUT2D eigenvalue weighted by atomic mass is 9.86. The Hall–Kier alpha value is -1.14. The summed E-state index contributed by atoms with van der Waals surface area (Å²) in [5, 5.41) is 17.2. The molecule has 1 saturated carbocycles. The van der Waals surface area contributed by atoms with E-state index < -0.39 is 0 Å². The smallest absolute Gasteiger partial charge is 0.315 e. The molecule has 0 aromatic carbocycles. The van der Waals surface area contributed by atoms with Gasteiger partial charge in [0.2, 0.25) is 0 Å². The van der Waals surface area contributed by atoms with Gasteiger partial charge in [0.1, 0.15) is 0 Å². The van der Waals surface area contributed by atoms with Crippen LogP contribution in [0.15, 0.2) is 10.9 Å². The van der Waals surface area contributed by atoms with Gasteiger partial charge in [-0.2, -0.15) is 0 Å². The fraction of sp³-hybridized carbons (Fsp3) is 0.692. The van der Waals surface area contributed by atoms with Crippen molar-refractivity contribution in [1.29, 1.82) is 0 Å². The molecule has 0 bridgehead atoms. The van der Waals surface area contributed by atoms with E-state index in [0.717, 1.165) is 31.4 Å². The van der Waals surface area contributed by atoms with Crippen LogP contribution in [-0.4, -0.2) is 35.3 Å². The molecule has 2 unspecified atom stereocenters. The molecule has 1 heterocycles. The number of aliphatic hydroxyl groups is 1. The summed E-state index contributed by atoms with van der Waals surface area (Å²) in [7, 11) is 0. The first-order chi connectivity index (χ1) is 9.14. The maximum atomic E-state index is 11.8. The summed E-state index contributed by atoms with van der Waals surface area (Å²) in [6.45, 7) is 2.73. The van der Waals surface area contributed by atoms with E-state index in [1.807, 2.05) is 12.3 Å². The van der Waals surface area contributed by atoms with Crippen molar-refractivity contribution in [2.75, 3.05) is 13.2 Å². The van der Waals surface area contributed by atoms with Crippen molar-refractivity contribution in [3.8, 4) is 0 Å². The van der Waals surface area contributed by atoms with E-state index in [1.165, 1.54) is 0 Å². The Morgan fingerprint density at radius 1 is 1.68 bits per heavy atom. The third-order valence-electron chi connectivity index (χ3n) is 3.90. The molecule has 5 nitrogen and oxygen atoms in total. The Bertz CT molecular complexity index is 410. The van der Waals surface area contributed by atoms with Crippen molar-refractivity contribution in [3.63, 3.8) is 0 Å². The highest BCUT2D eigenvalue weighted by Crippen LogP contribution is 2.37. The van der Waals surface area contributed by atoms with Crippen LogP contribution >= 0.6 is 11.3 Å². The second kappa shape index (κ2) is 6.34. The average Bonchev–Trinajstić information content (AvgIpc) is 3.01. The maximum Gasteiger partial charge on any atom is 0.315 e. The summed E-state index contributed by atoms with van der Waals surface area (Å²) in [6, 6.07) is -0.0847. The molecule has 1 aliphatic carbocycles. The van der Waals surface area contributed by atoms with E-state index in [4.69, 9.17) is 0 Å². The minimum atomic E-state index is -0.174. The van der Waals surface area contributed by atoms with Crippen LogP contribution in [0.1, 0.15) is 31.9 Å². The van der Waals surface area contributed by atoms with Crippen LogP contribution in [0, 0.1) is 5.41 Å². The summed E-state index contributed by atoms with van der Waals surface area (Å²) in [5.41, 5.74) is 2.62. The number of aliphatic hydroxyl groups excluding tert-OH is 1. The molecule has 1 fully saturated rings. The molecule has 0 saturated heterocycles. The standard InChI is InChI=1S/C13H21N3O2S/c1-13(8-17)5-2-3-11(13)16-12(18)14-6-4-10-7-19-9-15-10/h7,9,11,17H,2-6,8H2,1H3,(H2,14,16,18). The Labute approximate surface area is 117 Å². The van der Waals surface area contributed by atoms with Crippen molar-refractivity contribution >= 4 is 17.4 Å². The van der Waals surface area contributed by atoms with E-state index in [2.05, 4.69) is 15.6 Å². The highest BCUT2D eigenvalue weighted by Gasteiger charge is 2.38. The number of thiazole rings is 1. The summed E-state index contributed by atoms with van der Waals surface area (Å²) in [6.07, 6.45) is 3.71. The Morgan fingerprint density at radius 2 is 2.53 bits per heavy atom. The molecule has 3 N–H and O–H groups in total. The molecule has 2 atom stereocenters. The van der Waals surface area contributed by atoms with E-state index in [0.29, 0.717) is 6.54 Å². The summed E-state index contributed by atoms with van der Waals surface area (Å²) < 4.78 is 0. The van der Waals surface area contributed by atoms with Gasteiger partial charge >= 0.3 is 6.03 Å². The van der Waals surface area contributed by atoms with Crippen LogP contribution in [0.2, 0.25) is 0 Å². The van der Waals surface area contributed by atoms with Gasteiger partial charge in [-0.05, 0) is 12.8 Å². The number of rotatable bonds is 5. The second-order valence-corrected chi connectivity index (χ2v) is 6.11. The zero-order valence-corrected chi connectivity index (χ0v) is 12.0. The molecule has 19 heavy (non-hydrogen) atoms. The van der Waals surface area contributed by atoms with Crippen LogP contribution in [0.3, 0.4) is 0 Å². The summed E-state index contributed by atoms with van der Waals surface area (Å²) in [4.78, 5) is 16.0. The molecule has 2 rings (SSSR count). The highest BCUT2D eigenvalue weighted by molar-refractivity contribution is 7.07. The van der Waals surface area contributed by atoms with Gasteiger partial charge in [0.05, 0.1) is 17.8 Å². The zero-order chi connectivity index (χ0) is 13.7. The highest BCUT2D eigenvalue weighted by atomic mass is 32.1. The quantitative estimate of drug-likeness (QED) is 0.767. The molecule has 1 aromatic rings. The molecule has 0 aliphatic heterocycles. The third-order valence-corrected chi connectivity index (χ3v) is 4.53. The Kier molecular flexibility index (Phi) is 4.76. The van der Waals surface area contributed by atoms with E-state index in [-0.39, 0.29) is 24.1 Å². The number of aromatic nitrogens is 1. The average molecular weight is 283 g/mol. The van der Waals surface area contributed by atoms with E-state index >= 15 is 0 Å². The maximum absolute atomic E-state index is 11.8. The SMILES string of the molecule is CC1(CO)CCCC1NC(=O)NCCc1cscn1. The molecule has 106 valence electrons. The minimum Gasteiger partial charge on any atom is -0.396 e. The summed E-state index contributed by atoms with van der Waals surface area (Å²) in [5.74, 6) is 0. The number of nitrogens with one attached hydrogen (secondary N) is 2. The van der Waals surface area contributed by atoms with Crippen molar-refractivity contribution in [1.82, 2.24) is 15.6 Å². The van der Waals surface area contributed by atoms with Crippen LogP contribution in [0.4, 0.5) is 4.79 Å². The van der Waals surface area contributed by atoms with Gasteiger partial charge in [0, 0.05) is 29.8 Å². The van der Waals surface area contributed by atoms with Gasteiger partial charge in [0.25, 0.3) is 0 Å². The van der Waals surface area contributed by atoms with Gasteiger partial charge in [-0.25, -0.2) is 9.78 Å². The van der Waals surface area contributed by atoms with Gasteiger partial charge in [-0.15, -0.1) is 11.3 Å².